The van der Waals surface area contributed by atoms with Crippen molar-refractivity contribution in [3.63, 3.8) is 0 Å². The molecule has 0 fully saturated rings. The number of carbonyl (C=O) groups is 1. The number of benzene rings is 1. The van der Waals surface area contributed by atoms with Gasteiger partial charge in [0.25, 0.3) is 0 Å². The van der Waals surface area contributed by atoms with Crippen LogP contribution in [0.15, 0.2) is 32.9 Å². The Hall–Kier alpha value is -2.19. The maximum Gasteiger partial charge on any atom is 0.351 e. The molecule has 0 bridgehead atoms. The number of hydrogen-bond donors (Lipinski definition) is 0. The van der Waals surface area contributed by atoms with Crippen molar-refractivity contribution in [2.24, 2.45) is 0 Å². The van der Waals surface area contributed by atoms with Crippen molar-refractivity contribution < 1.29 is 19.0 Å². The molecule has 28 heavy (non-hydrogen) atoms. The normalized spacial score (nSPS) is 15.2. The molecule has 0 spiro atoms. The minimum absolute atomic E-state index is 0.287. The number of hydrogen-bond acceptors (Lipinski definition) is 6. The molecule has 1 aliphatic rings. The molecule has 0 N–H and O–H groups in total. The van der Waals surface area contributed by atoms with Crippen LogP contribution in [0.4, 0.5) is 0 Å². The number of halogens is 2. The van der Waals surface area contributed by atoms with Crippen LogP contribution in [-0.4, -0.2) is 23.0 Å². The highest BCUT2D eigenvalue weighted by molar-refractivity contribution is 9.14. The second-order valence-electron chi connectivity index (χ2n) is 6.15. The zero-order valence-electron chi connectivity index (χ0n) is 15.8. The van der Waals surface area contributed by atoms with Crippen LogP contribution in [0, 0.1) is 20.8 Å². The number of rotatable bonds is 5. The Bertz CT molecular complexity index is 1020. The zero-order chi connectivity index (χ0) is 20.4. The molecule has 1 aliphatic heterocycles. The summed E-state index contributed by atoms with van der Waals surface area (Å²) >= 11 is 6.52. The van der Waals surface area contributed by atoms with Gasteiger partial charge < -0.3 is 14.2 Å². The summed E-state index contributed by atoms with van der Waals surface area (Å²) in [6, 6.07) is 5.46. The van der Waals surface area contributed by atoms with Gasteiger partial charge >= 0.3 is 5.97 Å². The van der Waals surface area contributed by atoms with E-state index >= 15 is 0 Å². The van der Waals surface area contributed by atoms with Crippen LogP contribution in [0.5, 0.6) is 11.5 Å². The van der Waals surface area contributed by atoms with E-state index in [1.807, 2.05) is 32.9 Å². The highest BCUT2D eigenvalue weighted by atomic mass is 79.9. The third-order valence-corrected chi connectivity index (χ3v) is 6.26. The Kier molecular flexibility index (Phi) is 6.20. The molecule has 0 unspecified atom stereocenters. The first kappa shape index (κ1) is 20.5. The van der Waals surface area contributed by atoms with Crippen LogP contribution >= 0.6 is 31.9 Å². The summed E-state index contributed by atoms with van der Waals surface area (Å²) in [4.78, 5) is 20.6. The van der Waals surface area contributed by atoms with Gasteiger partial charge in [0.1, 0.15) is 16.8 Å². The summed E-state index contributed by atoms with van der Waals surface area (Å²) in [7, 11) is 1.57. The Labute approximate surface area is 179 Å². The third-order valence-electron chi connectivity index (χ3n) is 4.22. The molecule has 0 radical (unpaired) electrons. The van der Waals surface area contributed by atoms with Crippen LogP contribution in [0.2, 0.25) is 0 Å². The highest BCUT2D eigenvalue weighted by Gasteiger charge is 2.26. The van der Waals surface area contributed by atoms with Crippen molar-refractivity contribution in [2.75, 3.05) is 7.11 Å². The molecule has 0 amide bonds. The van der Waals surface area contributed by atoms with Crippen molar-refractivity contribution in [2.45, 2.75) is 27.4 Å². The summed E-state index contributed by atoms with van der Waals surface area (Å²) in [6.45, 7) is 6.06. The smallest absolute Gasteiger partial charge is 0.351 e. The molecule has 0 atom stereocenters. The second kappa shape index (κ2) is 8.45. The van der Waals surface area contributed by atoms with Gasteiger partial charge in [0.2, 0.25) is 0 Å². The lowest BCUT2D eigenvalue weighted by Crippen LogP contribution is -2.06. The van der Waals surface area contributed by atoms with Crippen LogP contribution in [-0.2, 0) is 16.1 Å². The average molecular weight is 510 g/mol. The number of nitrogens with zero attached hydrogens (tertiary/aromatic N) is 2. The molecule has 8 heteroatoms. The maximum absolute atomic E-state index is 11.6. The van der Waals surface area contributed by atoms with E-state index in [-0.39, 0.29) is 6.61 Å². The van der Waals surface area contributed by atoms with Crippen molar-refractivity contribution >= 4 is 43.9 Å². The molecule has 0 saturated heterocycles. The standard InChI is InChI=1S/C20H18Br2N2O4/c1-10-11(2)24-14(12(3)23-10)9-27-15-6-5-13(7-16(15)26-4)8-17-18(21)19(22)20(25)28-17/h5-8H,9H2,1-4H3/b17-8-. The first-order valence-electron chi connectivity index (χ1n) is 8.41. The van der Waals surface area contributed by atoms with Crippen molar-refractivity contribution in [3.05, 3.63) is 61.3 Å². The van der Waals surface area contributed by atoms with Crippen LogP contribution in [0.1, 0.15) is 28.3 Å². The number of cyclic esters (lactones) is 1. The first-order valence-corrected chi connectivity index (χ1v) is 9.99. The number of methoxy groups -OCH3 is 1. The topological polar surface area (TPSA) is 70.5 Å². The maximum atomic E-state index is 11.6. The van der Waals surface area contributed by atoms with Gasteiger partial charge in [-0.15, -0.1) is 0 Å². The number of esters is 1. The van der Waals surface area contributed by atoms with E-state index in [9.17, 15) is 4.79 Å². The van der Waals surface area contributed by atoms with E-state index in [0.29, 0.717) is 26.2 Å². The lowest BCUT2D eigenvalue weighted by atomic mass is 10.1. The van der Waals surface area contributed by atoms with Gasteiger partial charge in [-0.25, -0.2) is 4.79 Å². The zero-order valence-corrected chi connectivity index (χ0v) is 19.0. The third kappa shape index (κ3) is 4.28. The van der Waals surface area contributed by atoms with Gasteiger partial charge in [-0.05, 0) is 76.4 Å². The number of ether oxygens (including phenoxy) is 3. The Morgan fingerprint density at radius 2 is 1.75 bits per heavy atom. The van der Waals surface area contributed by atoms with Crippen molar-refractivity contribution in [3.8, 4) is 11.5 Å². The van der Waals surface area contributed by atoms with E-state index in [2.05, 4.69) is 41.8 Å². The molecular formula is C20H18Br2N2O4. The summed E-state index contributed by atoms with van der Waals surface area (Å²) in [5, 5.41) is 0. The predicted octanol–water partition coefficient (Wildman–Crippen LogP) is 4.89. The van der Waals surface area contributed by atoms with Gasteiger partial charge in [-0.1, -0.05) is 6.07 Å². The minimum atomic E-state index is -0.435. The summed E-state index contributed by atoms with van der Waals surface area (Å²) in [5.74, 6) is 1.14. The lowest BCUT2D eigenvalue weighted by molar-refractivity contribution is -0.132. The fourth-order valence-electron chi connectivity index (χ4n) is 2.57. The summed E-state index contributed by atoms with van der Waals surface area (Å²) in [6.07, 6.45) is 1.74. The van der Waals surface area contributed by atoms with E-state index in [0.717, 1.165) is 28.3 Å². The first-order chi connectivity index (χ1) is 13.3. The second-order valence-corrected chi connectivity index (χ2v) is 7.74. The van der Waals surface area contributed by atoms with Crippen molar-refractivity contribution in [1.29, 1.82) is 0 Å². The molecular weight excluding hydrogens is 492 g/mol. The predicted molar refractivity (Wildman–Crippen MR) is 113 cm³/mol. The minimum Gasteiger partial charge on any atom is -0.493 e. The molecule has 3 rings (SSSR count). The monoisotopic (exact) mass is 508 g/mol. The van der Waals surface area contributed by atoms with E-state index < -0.39 is 5.97 Å². The van der Waals surface area contributed by atoms with Gasteiger partial charge in [-0.3, -0.25) is 9.97 Å². The summed E-state index contributed by atoms with van der Waals surface area (Å²) in [5.41, 5.74) is 4.22. The molecule has 1 aromatic carbocycles. The highest BCUT2D eigenvalue weighted by Crippen LogP contribution is 2.36. The Morgan fingerprint density at radius 1 is 1.04 bits per heavy atom. The van der Waals surface area contributed by atoms with Crippen LogP contribution < -0.4 is 9.47 Å². The lowest BCUT2D eigenvalue weighted by Gasteiger charge is -2.13. The number of aryl methyl sites for hydroxylation is 3. The van der Waals surface area contributed by atoms with Crippen LogP contribution in [0.3, 0.4) is 0 Å². The molecule has 0 saturated carbocycles. The van der Waals surface area contributed by atoms with Crippen molar-refractivity contribution in [1.82, 2.24) is 9.97 Å². The average Bonchev–Trinajstić information content (AvgIpc) is 2.91. The molecule has 2 heterocycles. The van der Waals surface area contributed by atoms with Gasteiger partial charge in [0.15, 0.2) is 11.5 Å². The van der Waals surface area contributed by atoms with Gasteiger partial charge in [-0.2, -0.15) is 0 Å². The molecule has 0 aliphatic carbocycles. The Morgan fingerprint density at radius 3 is 2.39 bits per heavy atom. The number of aromatic nitrogens is 2. The van der Waals surface area contributed by atoms with Gasteiger partial charge in [0, 0.05) is 0 Å². The molecule has 1 aromatic heterocycles. The van der Waals surface area contributed by atoms with Gasteiger partial charge in [0.05, 0.1) is 34.4 Å². The van der Waals surface area contributed by atoms with E-state index in [4.69, 9.17) is 14.2 Å². The largest absolute Gasteiger partial charge is 0.493 e. The quantitative estimate of drug-likeness (QED) is 0.534. The fraction of sp³-hybridized carbons (Fsp3) is 0.250. The number of carbonyl (C=O) groups excluding carboxylic acids is 1. The number of allylic oxidation sites excluding steroid dienone is 1. The molecule has 146 valence electrons. The SMILES string of the molecule is COc1cc(/C=C2\OC(=O)C(Br)=C2Br)ccc1OCc1nc(C)c(C)nc1C. The summed E-state index contributed by atoms with van der Waals surface area (Å²) < 4.78 is 17.5. The fourth-order valence-corrected chi connectivity index (χ4v) is 3.20. The molecule has 2 aromatic rings. The van der Waals surface area contributed by atoms with E-state index in [1.54, 1.807) is 19.3 Å². The molecule has 6 nitrogen and oxygen atoms in total. The van der Waals surface area contributed by atoms with Crippen LogP contribution in [0.25, 0.3) is 6.08 Å². The van der Waals surface area contributed by atoms with E-state index in [1.165, 1.54) is 0 Å². The Balaban J connectivity index is 1.81.